The summed E-state index contributed by atoms with van der Waals surface area (Å²) in [5.41, 5.74) is 7.30. The second-order valence-electron chi connectivity index (χ2n) is 9.64. The van der Waals surface area contributed by atoms with Crippen LogP contribution in [0.1, 0.15) is 12.8 Å². The zero-order valence-corrected chi connectivity index (χ0v) is 19.7. The Labute approximate surface area is 206 Å². The van der Waals surface area contributed by atoms with Crippen LogP contribution in [0.15, 0.2) is 72.4 Å². The van der Waals surface area contributed by atoms with Crippen molar-refractivity contribution in [2.75, 3.05) is 18.4 Å². The molecule has 0 atom stereocenters. The van der Waals surface area contributed by atoms with Crippen LogP contribution in [0, 0.1) is 11.2 Å². The Morgan fingerprint density at radius 3 is 2.71 bits per heavy atom. The Hall–Kier alpha value is -3.55. The topological polar surface area (TPSA) is 59.1 Å². The average molecular weight is 483 g/mol. The number of halogens is 1. The van der Waals surface area contributed by atoms with Gasteiger partial charge in [-0.25, -0.2) is 9.37 Å². The highest BCUT2D eigenvalue weighted by Crippen LogP contribution is 2.46. The molecule has 2 aliphatic rings. The van der Waals surface area contributed by atoms with Gasteiger partial charge in [0.05, 0.1) is 27.3 Å². The van der Waals surface area contributed by atoms with Crippen LogP contribution in [-0.2, 0) is 0 Å². The van der Waals surface area contributed by atoms with E-state index in [9.17, 15) is 0 Å². The second-order valence-corrected chi connectivity index (χ2v) is 10.5. The quantitative estimate of drug-likeness (QED) is 0.298. The lowest BCUT2D eigenvalue weighted by atomic mass is 9.63. The fraction of sp³-hybridized carbons (Fsp3) is 0.214. The molecule has 1 aliphatic heterocycles. The monoisotopic (exact) mass is 482 g/mol. The Balaban J connectivity index is 1.16. The molecule has 35 heavy (non-hydrogen) atoms. The number of ether oxygens (including phenoxy) is 1. The standard InChI is InChI=1S/C28H23FN4OS/c29-23-11-19(34-20-12-28(13-20)14-30-15-28)3-4-21(23)17-1-5-24-22(9-17)25(7-8-31-24)33-18-2-6-27-26(10-18)32-16-35-27/h1-11,16,20,30H,12-15H2,(H,31,33). The number of thiazole rings is 1. The van der Waals surface area contributed by atoms with Crippen LogP contribution in [0.4, 0.5) is 15.8 Å². The van der Waals surface area contributed by atoms with Gasteiger partial charge in [0.25, 0.3) is 0 Å². The minimum absolute atomic E-state index is 0.186. The van der Waals surface area contributed by atoms with E-state index in [0.717, 1.165) is 64.0 Å². The van der Waals surface area contributed by atoms with Crippen LogP contribution in [0.25, 0.3) is 32.2 Å². The van der Waals surface area contributed by atoms with E-state index in [1.807, 2.05) is 54.0 Å². The molecule has 2 aromatic heterocycles. The molecule has 1 aliphatic carbocycles. The first kappa shape index (κ1) is 20.8. The van der Waals surface area contributed by atoms with Crippen molar-refractivity contribution in [3.05, 3.63) is 78.2 Å². The summed E-state index contributed by atoms with van der Waals surface area (Å²) in [6.07, 6.45) is 4.06. The minimum atomic E-state index is -0.284. The van der Waals surface area contributed by atoms with Crippen LogP contribution in [0.3, 0.4) is 0 Å². The van der Waals surface area contributed by atoms with Gasteiger partial charge in [-0.2, -0.15) is 0 Å². The first-order valence-corrected chi connectivity index (χ1v) is 12.7. The van der Waals surface area contributed by atoms with E-state index in [1.54, 1.807) is 17.5 Å². The van der Waals surface area contributed by atoms with Crippen molar-refractivity contribution in [1.29, 1.82) is 0 Å². The molecule has 1 saturated carbocycles. The number of nitrogens with zero attached hydrogens (tertiary/aromatic N) is 2. The first-order chi connectivity index (χ1) is 17.1. The predicted octanol–water partition coefficient (Wildman–Crippen LogP) is 6.53. The molecular formula is C28H23FN4OS. The Morgan fingerprint density at radius 2 is 1.89 bits per heavy atom. The zero-order valence-electron chi connectivity index (χ0n) is 18.9. The highest BCUT2D eigenvalue weighted by molar-refractivity contribution is 7.16. The summed E-state index contributed by atoms with van der Waals surface area (Å²) in [6.45, 7) is 2.15. The van der Waals surface area contributed by atoms with Crippen LogP contribution in [0.5, 0.6) is 5.75 Å². The van der Waals surface area contributed by atoms with Gasteiger partial charge in [-0.1, -0.05) is 6.07 Å². The maximum Gasteiger partial charge on any atom is 0.134 e. The normalized spacial score (nSPS) is 16.8. The van der Waals surface area contributed by atoms with Gasteiger partial charge < -0.3 is 15.4 Å². The van der Waals surface area contributed by atoms with Gasteiger partial charge in [0.15, 0.2) is 0 Å². The fourth-order valence-electron chi connectivity index (χ4n) is 5.27. The number of fused-ring (bicyclic) bond motifs is 2. The summed E-state index contributed by atoms with van der Waals surface area (Å²) in [5, 5.41) is 7.75. The molecule has 2 fully saturated rings. The van der Waals surface area contributed by atoms with Crippen molar-refractivity contribution < 1.29 is 9.13 Å². The van der Waals surface area contributed by atoms with Crippen molar-refractivity contribution >= 4 is 43.8 Å². The van der Waals surface area contributed by atoms with Gasteiger partial charge in [0.2, 0.25) is 0 Å². The number of hydrogen-bond donors (Lipinski definition) is 2. The third-order valence-electron chi connectivity index (χ3n) is 7.23. The Morgan fingerprint density at radius 1 is 0.971 bits per heavy atom. The number of hydrogen-bond acceptors (Lipinski definition) is 6. The lowest BCUT2D eigenvalue weighted by Crippen LogP contribution is -2.62. The van der Waals surface area contributed by atoms with Crippen LogP contribution in [-0.4, -0.2) is 29.2 Å². The number of nitrogens with one attached hydrogen (secondary N) is 2. The lowest BCUT2D eigenvalue weighted by molar-refractivity contribution is -0.0496. The molecule has 7 rings (SSSR count). The number of rotatable bonds is 5. The molecular weight excluding hydrogens is 459 g/mol. The fourth-order valence-corrected chi connectivity index (χ4v) is 5.93. The maximum atomic E-state index is 15.2. The van der Waals surface area contributed by atoms with E-state index in [0.29, 0.717) is 16.7 Å². The van der Waals surface area contributed by atoms with Gasteiger partial charge in [-0.15, -0.1) is 11.3 Å². The number of benzene rings is 3. The summed E-state index contributed by atoms with van der Waals surface area (Å²) < 4.78 is 22.4. The maximum absolute atomic E-state index is 15.2. The Bertz CT molecular complexity index is 1570. The van der Waals surface area contributed by atoms with E-state index in [-0.39, 0.29) is 11.9 Å². The summed E-state index contributed by atoms with van der Waals surface area (Å²) in [6, 6.07) is 19.1. The highest BCUT2D eigenvalue weighted by Gasteiger charge is 2.49. The summed E-state index contributed by atoms with van der Waals surface area (Å²) in [7, 11) is 0. The molecule has 7 heteroatoms. The van der Waals surface area contributed by atoms with Crippen molar-refractivity contribution in [1.82, 2.24) is 15.3 Å². The van der Waals surface area contributed by atoms with Crippen molar-refractivity contribution in [2.24, 2.45) is 5.41 Å². The molecule has 3 heterocycles. The molecule has 174 valence electrons. The number of anilines is 2. The summed E-state index contributed by atoms with van der Waals surface area (Å²) in [4.78, 5) is 8.91. The van der Waals surface area contributed by atoms with E-state index in [4.69, 9.17) is 4.74 Å². The lowest BCUT2D eigenvalue weighted by Gasteiger charge is -2.53. The van der Waals surface area contributed by atoms with Crippen molar-refractivity contribution in [3.63, 3.8) is 0 Å². The first-order valence-electron chi connectivity index (χ1n) is 11.8. The zero-order chi connectivity index (χ0) is 23.4. The molecule has 0 radical (unpaired) electrons. The molecule has 1 saturated heterocycles. The molecule has 0 unspecified atom stereocenters. The van der Waals surface area contributed by atoms with Crippen molar-refractivity contribution in [2.45, 2.75) is 18.9 Å². The van der Waals surface area contributed by atoms with Gasteiger partial charge >= 0.3 is 0 Å². The molecule has 5 nitrogen and oxygen atoms in total. The van der Waals surface area contributed by atoms with Gasteiger partial charge in [0, 0.05) is 53.1 Å². The molecule has 0 bridgehead atoms. The molecule has 0 amide bonds. The van der Waals surface area contributed by atoms with E-state index < -0.39 is 0 Å². The average Bonchev–Trinajstić information content (AvgIpc) is 3.28. The van der Waals surface area contributed by atoms with Gasteiger partial charge in [-0.05, 0) is 66.9 Å². The summed E-state index contributed by atoms with van der Waals surface area (Å²) >= 11 is 1.62. The molecule has 5 aromatic rings. The van der Waals surface area contributed by atoms with E-state index in [2.05, 4.69) is 26.7 Å². The third-order valence-corrected chi connectivity index (χ3v) is 8.04. The second kappa shape index (κ2) is 8.00. The third kappa shape index (κ3) is 3.72. The predicted molar refractivity (Wildman–Crippen MR) is 139 cm³/mol. The van der Waals surface area contributed by atoms with Crippen LogP contribution >= 0.6 is 11.3 Å². The number of aromatic nitrogens is 2. The van der Waals surface area contributed by atoms with Crippen LogP contribution < -0.4 is 15.4 Å². The largest absolute Gasteiger partial charge is 0.490 e. The SMILES string of the molecule is Fc1cc(OC2CC3(CNC3)C2)ccc1-c1ccc2nccc(Nc3ccc4scnc4c3)c2c1. The van der Waals surface area contributed by atoms with Gasteiger partial charge in [-0.3, -0.25) is 4.98 Å². The molecule has 2 N–H and O–H groups in total. The molecule has 3 aromatic carbocycles. The smallest absolute Gasteiger partial charge is 0.134 e. The molecule has 1 spiro atoms. The summed E-state index contributed by atoms with van der Waals surface area (Å²) in [5.74, 6) is 0.314. The van der Waals surface area contributed by atoms with Crippen molar-refractivity contribution in [3.8, 4) is 16.9 Å². The van der Waals surface area contributed by atoms with E-state index in [1.165, 1.54) is 6.07 Å². The van der Waals surface area contributed by atoms with Gasteiger partial charge in [0.1, 0.15) is 11.6 Å². The number of pyridine rings is 1. The Kier molecular flexibility index (Phi) is 4.75. The minimum Gasteiger partial charge on any atom is -0.490 e. The van der Waals surface area contributed by atoms with E-state index >= 15 is 4.39 Å². The van der Waals surface area contributed by atoms with Crippen LogP contribution in [0.2, 0.25) is 0 Å². The highest BCUT2D eigenvalue weighted by atomic mass is 32.1.